The van der Waals surface area contributed by atoms with Crippen molar-refractivity contribution >= 4 is 27.6 Å². The van der Waals surface area contributed by atoms with Crippen LogP contribution in [-0.2, 0) is 37.3 Å². The number of esters is 1. The van der Waals surface area contributed by atoms with E-state index < -0.39 is 21.9 Å². The second-order valence-electron chi connectivity index (χ2n) is 4.61. The minimum absolute atomic E-state index is 0.0640. The van der Waals surface area contributed by atoms with Crippen LogP contribution >= 0.6 is 0 Å². The van der Waals surface area contributed by atoms with Crippen LogP contribution in [0, 0.1) is 0 Å². The van der Waals surface area contributed by atoms with Crippen molar-refractivity contribution in [2.24, 2.45) is 5.14 Å². The lowest BCUT2D eigenvalue weighted by atomic mass is 10.3. The van der Waals surface area contributed by atoms with Crippen molar-refractivity contribution < 1.29 is 22.7 Å². The van der Waals surface area contributed by atoms with Crippen LogP contribution in [0.25, 0.3) is 0 Å². The molecule has 1 amide bonds. The van der Waals surface area contributed by atoms with Gasteiger partial charge in [0.05, 0.1) is 12.0 Å². The first kappa shape index (κ1) is 17.5. The maximum atomic E-state index is 11.9. The number of hydrogen-bond donors (Lipinski definition) is 2. The summed E-state index contributed by atoms with van der Waals surface area (Å²) in [5.74, 6) is -0.846. The highest BCUT2D eigenvalue weighted by atomic mass is 32.2. The van der Waals surface area contributed by atoms with Crippen molar-refractivity contribution in [3.63, 3.8) is 0 Å². The molecule has 3 N–H and O–H groups in total. The summed E-state index contributed by atoms with van der Waals surface area (Å²) in [4.78, 5) is 23.9. The van der Waals surface area contributed by atoms with E-state index in [2.05, 4.69) is 25.5 Å². The normalized spacial score (nSPS) is 11.1. The van der Waals surface area contributed by atoms with Gasteiger partial charge in [-0.3, -0.25) is 9.59 Å². The first-order valence-corrected chi connectivity index (χ1v) is 8.09. The SMILES string of the molecule is COC(=O)Cc1nnn(CC(=O)Nc2ccc(S(N)(=O)=O)cc2)n1. The summed E-state index contributed by atoms with van der Waals surface area (Å²) in [6.07, 6.45) is -0.146. The molecule has 0 aliphatic heterocycles. The third kappa shape index (κ3) is 4.82. The molecule has 0 spiro atoms. The smallest absolute Gasteiger partial charge is 0.313 e. The molecule has 12 heteroatoms. The van der Waals surface area contributed by atoms with Crippen LogP contribution in [-0.4, -0.2) is 47.6 Å². The third-order valence-corrected chi connectivity index (χ3v) is 3.71. The van der Waals surface area contributed by atoms with E-state index in [1.54, 1.807) is 0 Å². The molecule has 11 nitrogen and oxygen atoms in total. The Morgan fingerprint density at radius 1 is 1.29 bits per heavy atom. The van der Waals surface area contributed by atoms with E-state index in [0.29, 0.717) is 5.69 Å². The Morgan fingerprint density at radius 3 is 2.54 bits per heavy atom. The lowest BCUT2D eigenvalue weighted by molar-refractivity contribution is -0.139. The van der Waals surface area contributed by atoms with Gasteiger partial charge in [-0.2, -0.15) is 4.80 Å². The molecule has 0 saturated heterocycles. The summed E-state index contributed by atoms with van der Waals surface area (Å²) in [7, 11) is -2.55. The fraction of sp³-hybridized carbons (Fsp3) is 0.250. The van der Waals surface area contributed by atoms with Crippen LogP contribution < -0.4 is 10.5 Å². The highest BCUT2D eigenvalue weighted by molar-refractivity contribution is 7.89. The van der Waals surface area contributed by atoms with Crippen molar-refractivity contribution in [2.45, 2.75) is 17.9 Å². The number of benzene rings is 1. The lowest BCUT2D eigenvalue weighted by Gasteiger charge is -2.05. The number of hydrogen-bond acceptors (Lipinski definition) is 8. The second kappa shape index (κ2) is 7.14. The highest BCUT2D eigenvalue weighted by Gasteiger charge is 2.12. The zero-order valence-electron chi connectivity index (χ0n) is 12.5. The summed E-state index contributed by atoms with van der Waals surface area (Å²) in [6, 6.07) is 5.34. The molecule has 0 aliphatic rings. The van der Waals surface area contributed by atoms with Crippen molar-refractivity contribution in [3.05, 3.63) is 30.1 Å². The largest absolute Gasteiger partial charge is 0.469 e. The molecule has 2 aromatic rings. The van der Waals surface area contributed by atoms with Crippen molar-refractivity contribution in [2.75, 3.05) is 12.4 Å². The number of ether oxygens (including phenoxy) is 1. The Morgan fingerprint density at radius 2 is 1.96 bits per heavy atom. The van der Waals surface area contributed by atoms with Gasteiger partial charge in [-0.15, -0.1) is 10.2 Å². The predicted molar refractivity (Wildman–Crippen MR) is 80.0 cm³/mol. The molecule has 1 aromatic carbocycles. The summed E-state index contributed by atoms with van der Waals surface area (Å²) in [6.45, 7) is -0.231. The van der Waals surface area contributed by atoms with E-state index in [0.717, 1.165) is 4.80 Å². The van der Waals surface area contributed by atoms with Crippen LogP contribution in [0.3, 0.4) is 0 Å². The fourth-order valence-corrected chi connectivity index (χ4v) is 2.19. The molecular weight excluding hydrogens is 340 g/mol. The van der Waals surface area contributed by atoms with Crippen LogP contribution in [0.4, 0.5) is 5.69 Å². The summed E-state index contributed by atoms with van der Waals surface area (Å²) in [5.41, 5.74) is 0.377. The number of tetrazole rings is 1. The molecule has 24 heavy (non-hydrogen) atoms. The third-order valence-electron chi connectivity index (χ3n) is 2.78. The van der Waals surface area contributed by atoms with E-state index in [9.17, 15) is 18.0 Å². The number of anilines is 1. The van der Waals surface area contributed by atoms with Gasteiger partial charge in [0.15, 0.2) is 5.82 Å². The van der Waals surface area contributed by atoms with Gasteiger partial charge in [-0.1, -0.05) is 0 Å². The first-order valence-electron chi connectivity index (χ1n) is 6.54. The Hall–Kier alpha value is -2.86. The number of nitrogens with two attached hydrogens (primary N) is 1. The average Bonchev–Trinajstić information content (AvgIpc) is 2.93. The Balaban J connectivity index is 1.95. The number of rotatable bonds is 6. The van der Waals surface area contributed by atoms with Gasteiger partial charge in [0.1, 0.15) is 13.0 Å². The molecule has 0 aliphatic carbocycles. The summed E-state index contributed by atoms with van der Waals surface area (Å²) < 4.78 is 26.7. The molecule has 2 rings (SSSR count). The van der Waals surface area contributed by atoms with Crippen LogP contribution in [0.2, 0.25) is 0 Å². The average molecular weight is 354 g/mol. The van der Waals surface area contributed by atoms with E-state index in [1.807, 2.05) is 0 Å². The van der Waals surface area contributed by atoms with Gasteiger partial charge in [-0.05, 0) is 29.5 Å². The molecule has 0 radical (unpaired) electrons. The topological polar surface area (TPSA) is 159 Å². The molecule has 0 saturated carbocycles. The van der Waals surface area contributed by atoms with E-state index >= 15 is 0 Å². The van der Waals surface area contributed by atoms with Crippen LogP contribution in [0.1, 0.15) is 5.82 Å². The van der Waals surface area contributed by atoms with Gasteiger partial charge in [-0.25, -0.2) is 13.6 Å². The molecule has 0 bridgehead atoms. The zero-order chi connectivity index (χ0) is 17.7. The van der Waals surface area contributed by atoms with E-state index in [1.165, 1.54) is 31.4 Å². The standard InChI is InChI=1S/C12H14N6O5S/c1-23-12(20)6-10-15-17-18(16-10)7-11(19)14-8-2-4-9(5-3-8)24(13,21)22/h2-5H,6-7H2,1H3,(H,14,19)(H2,13,21,22). The van der Waals surface area contributed by atoms with Crippen molar-refractivity contribution in [3.8, 4) is 0 Å². The number of carbonyl (C=O) groups is 2. The van der Waals surface area contributed by atoms with Gasteiger partial charge in [0.2, 0.25) is 15.9 Å². The number of aromatic nitrogens is 4. The van der Waals surface area contributed by atoms with Gasteiger partial charge in [0, 0.05) is 5.69 Å². The van der Waals surface area contributed by atoms with Gasteiger partial charge in [0.25, 0.3) is 0 Å². The summed E-state index contributed by atoms with van der Waals surface area (Å²) in [5, 5.41) is 18.6. The Bertz CT molecular complexity index is 845. The minimum atomic E-state index is -3.79. The monoisotopic (exact) mass is 354 g/mol. The number of primary sulfonamides is 1. The molecular formula is C12H14N6O5S. The van der Waals surface area contributed by atoms with Crippen molar-refractivity contribution in [1.29, 1.82) is 0 Å². The number of sulfonamides is 1. The number of nitrogens with one attached hydrogen (secondary N) is 1. The quantitative estimate of drug-likeness (QED) is 0.604. The van der Waals surface area contributed by atoms with Gasteiger partial charge >= 0.3 is 5.97 Å². The fourth-order valence-electron chi connectivity index (χ4n) is 1.67. The second-order valence-corrected chi connectivity index (χ2v) is 6.17. The number of amides is 1. The Labute approximate surface area is 136 Å². The van der Waals surface area contributed by atoms with E-state index in [-0.39, 0.29) is 23.7 Å². The molecule has 128 valence electrons. The predicted octanol–water partition coefficient (Wildman–Crippen LogP) is -1.33. The highest BCUT2D eigenvalue weighted by Crippen LogP contribution is 2.12. The first-order chi connectivity index (χ1) is 11.3. The molecule has 1 aromatic heterocycles. The zero-order valence-corrected chi connectivity index (χ0v) is 13.4. The molecule has 0 fully saturated rings. The number of carbonyl (C=O) groups excluding carboxylic acids is 2. The minimum Gasteiger partial charge on any atom is -0.469 e. The summed E-state index contributed by atoms with van der Waals surface area (Å²) >= 11 is 0. The van der Waals surface area contributed by atoms with Gasteiger partial charge < -0.3 is 10.1 Å². The van der Waals surface area contributed by atoms with Crippen LogP contribution in [0.15, 0.2) is 29.2 Å². The number of methoxy groups -OCH3 is 1. The molecule has 0 atom stereocenters. The van der Waals surface area contributed by atoms with Crippen molar-refractivity contribution in [1.82, 2.24) is 20.2 Å². The maximum absolute atomic E-state index is 11.9. The molecule has 1 heterocycles. The van der Waals surface area contributed by atoms with E-state index in [4.69, 9.17) is 5.14 Å². The lowest BCUT2D eigenvalue weighted by Crippen LogP contribution is -2.20. The molecule has 0 unspecified atom stereocenters. The maximum Gasteiger partial charge on any atom is 0.313 e. The Kier molecular flexibility index (Phi) is 5.21. The van der Waals surface area contributed by atoms with Crippen LogP contribution in [0.5, 0.6) is 0 Å². The number of nitrogens with zero attached hydrogens (tertiary/aromatic N) is 4.